The zero-order valence-electron chi connectivity index (χ0n) is 15.1. The van der Waals surface area contributed by atoms with E-state index in [9.17, 15) is 79.4 Å². The standard InChI is InChI=1S/C14H5F17N2O/c15-7(16,6(34)33-5-2-1-3-32-4-5)8(17,18)9(19,20)10(21,22)11(23,24)12(25,26)13(27,28)14(29,30)31/h1-4H,(H,33,34). The van der Waals surface area contributed by atoms with Crippen molar-refractivity contribution < 1.29 is 79.4 Å². The van der Waals surface area contributed by atoms with Gasteiger partial charge in [-0.2, -0.15) is 74.6 Å². The molecule has 0 aliphatic heterocycles. The number of anilines is 1. The molecule has 0 saturated carbocycles. The number of pyridine rings is 1. The summed E-state index contributed by atoms with van der Waals surface area (Å²) in [5.74, 6) is -61.7. The number of aromatic nitrogens is 1. The summed E-state index contributed by atoms with van der Waals surface area (Å²) < 4.78 is 223. The van der Waals surface area contributed by atoms with Gasteiger partial charge >= 0.3 is 53.5 Å². The lowest BCUT2D eigenvalue weighted by Crippen LogP contribution is -2.75. The first kappa shape index (κ1) is 29.5. The first-order valence-electron chi connectivity index (χ1n) is 7.68. The van der Waals surface area contributed by atoms with Crippen molar-refractivity contribution >= 4 is 11.6 Å². The number of rotatable bonds is 8. The number of carbonyl (C=O) groups excluding carboxylic acids is 1. The molecule has 1 aromatic rings. The van der Waals surface area contributed by atoms with Crippen LogP contribution < -0.4 is 5.32 Å². The van der Waals surface area contributed by atoms with Crippen molar-refractivity contribution in [2.75, 3.05) is 5.32 Å². The molecule has 0 saturated heterocycles. The maximum Gasteiger partial charge on any atom is 0.460 e. The molecule has 1 amide bonds. The Labute approximate surface area is 174 Å². The van der Waals surface area contributed by atoms with E-state index in [1.54, 1.807) is 0 Å². The van der Waals surface area contributed by atoms with Gasteiger partial charge in [0, 0.05) is 6.20 Å². The number of hydrogen-bond acceptors (Lipinski definition) is 2. The number of amides is 1. The summed E-state index contributed by atoms with van der Waals surface area (Å²) in [5.41, 5.74) is -1.00. The van der Waals surface area contributed by atoms with Gasteiger partial charge in [0.1, 0.15) is 0 Å². The van der Waals surface area contributed by atoms with Gasteiger partial charge < -0.3 is 5.32 Å². The minimum atomic E-state index is -8.75. The van der Waals surface area contributed by atoms with Crippen LogP contribution in [-0.2, 0) is 4.79 Å². The Morgan fingerprint density at radius 2 is 1.00 bits per heavy atom. The van der Waals surface area contributed by atoms with Crippen LogP contribution in [0.25, 0.3) is 0 Å². The lowest BCUT2D eigenvalue weighted by atomic mass is 9.89. The summed E-state index contributed by atoms with van der Waals surface area (Å²) in [5, 5.41) is 0.711. The molecule has 0 aromatic carbocycles. The number of alkyl halides is 17. The molecule has 20 heteroatoms. The predicted octanol–water partition coefficient (Wildman–Crippen LogP) is 6.03. The van der Waals surface area contributed by atoms with E-state index in [-0.39, 0.29) is 0 Å². The molecule has 0 spiro atoms. The summed E-state index contributed by atoms with van der Waals surface area (Å²) in [6.45, 7) is 0. The van der Waals surface area contributed by atoms with Gasteiger partial charge in [0.25, 0.3) is 0 Å². The minimum absolute atomic E-state index is 0.382. The molecule has 0 atom stereocenters. The van der Waals surface area contributed by atoms with E-state index in [2.05, 4.69) is 4.98 Å². The third-order valence-electron chi connectivity index (χ3n) is 3.93. The van der Waals surface area contributed by atoms with Crippen molar-refractivity contribution in [3.63, 3.8) is 0 Å². The van der Waals surface area contributed by atoms with Crippen molar-refractivity contribution in [3.8, 4) is 0 Å². The van der Waals surface area contributed by atoms with Crippen LogP contribution in [0.3, 0.4) is 0 Å². The van der Waals surface area contributed by atoms with Gasteiger partial charge in [-0.1, -0.05) is 0 Å². The second-order valence-corrected chi connectivity index (χ2v) is 6.21. The molecule has 0 aliphatic rings. The van der Waals surface area contributed by atoms with Gasteiger partial charge in [-0.05, 0) is 12.1 Å². The van der Waals surface area contributed by atoms with Gasteiger partial charge in [0.15, 0.2) is 0 Å². The second kappa shape index (κ2) is 7.99. The Kier molecular flexibility index (Phi) is 6.92. The third-order valence-corrected chi connectivity index (χ3v) is 3.93. The predicted molar refractivity (Wildman–Crippen MR) is 73.6 cm³/mol. The van der Waals surface area contributed by atoms with Crippen LogP contribution in [-0.4, -0.2) is 58.5 Å². The molecular formula is C14H5F17N2O. The van der Waals surface area contributed by atoms with Crippen molar-refractivity contribution in [1.82, 2.24) is 4.98 Å². The van der Waals surface area contributed by atoms with Crippen molar-refractivity contribution in [1.29, 1.82) is 0 Å². The number of hydrogen-bond donors (Lipinski definition) is 1. The molecule has 1 aromatic heterocycles. The lowest BCUT2D eigenvalue weighted by molar-refractivity contribution is -0.459. The Bertz CT molecular complexity index is 893. The highest BCUT2D eigenvalue weighted by atomic mass is 19.4. The fraction of sp³-hybridized carbons (Fsp3) is 0.571. The molecule has 1 heterocycles. The average molecular weight is 540 g/mol. The van der Waals surface area contributed by atoms with E-state index >= 15 is 0 Å². The zero-order chi connectivity index (χ0) is 27.4. The van der Waals surface area contributed by atoms with Crippen LogP contribution in [0.4, 0.5) is 80.3 Å². The first-order valence-corrected chi connectivity index (χ1v) is 7.68. The zero-order valence-corrected chi connectivity index (χ0v) is 15.1. The normalized spacial score (nSPS) is 15.3. The van der Waals surface area contributed by atoms with Gasteiger partial charge in [0.2, 0.25) is 0 Å². The highest BCUT2D eigenvalue weighted by Crippen LogP contribution is 2.63. The fourth-order valence-corrected chi connectivity index (χ4v) is 1.95. The van der Waals surface area contributed by atoms with E-state index < -0.39 is 59.2 Å². The van der Waals surface area contributed by atoms with Gasteiger partial charge in [-0.15, -0.1) is 0 Å². The van der Waals surface area contributed by atoms with E-state index in [1.807, 2.05) is 0 Å². The number of carbonyl (C=O) groups is 1. The molecule has 0 aliphatic carbocycles. The maximum atomic E-state index is 13.7. The van der Waals surface area contributed by atoms with Gasteiger partial charge in [-0.3, -0.25) is 9.78 Å². The van der Waals surface area contributed by atoms with Crippen LogP contribution in [0.2, 0.25) is 0 Å². The Hall–Kier alpha value is -2.57. The average Bonchev–Trinajstić information content (AvgIpc) is 2.66. The Morgan fingerprint density at radius 3 is 1.35 bits per heavy atom. The van der Waals surface area contributed by atoms with E-state index in [1.165, 1.54) is 0 Å². The summed E-state index contributed by atoms with van der Waals surface area (Å²) in [6, 6.07) is 1.37. The van der Waals surface area contributed by atoms with Crippen LogP contribution in [0, 0.1) is 0 Å². The molecule has 196 valence electrons. The molecule has 0 unspecified atom stereocenters. The third kappa shape index (κ3) is 3.87. The number of nitrogens with one attached hydrogen (secondary N) is 1. The number of nitrogens with zero attached hydrogens (tertiary/aromatic N) is 1. The summed E-state index contributed by atoms with van der Waals surface area (Å²) in [4.78, 5) is 14.4. The first-order chi connectivity index (χ1) is 14.7. The molecule has 0 bridgehead atoms. The highest BCUT2D eigenvalue weighted by Gasteiger charge is 2.95. The van der Waals surface area contributed by atoms with Crippen LogP contribution >= 0.6 is 0 Å². The highest BCUT2D eigenvalue weighted by molar-refractivity contribution is 5.96. The Balaban J connectivity index is 3.57. The number of halogens is 17. The van der Waals surface area contributed by atoms with E-state index in [0.29, 0.717) is 17.6 Å². The second-order valence-electron chi connectivity index (χ2n) is 6.21. The lowest BCUT2D eigenvalue weighted by Gasteiger charge is -2.42. The maximum absolute atomic E-state index is 13.7. The smallest absolute Gasteiger partial charge is 0.319 e. The van der Waals surface area contributed by atoms with Gasteiger partial charge in [-0.25, -0.2) is 0 Å². The summed E-state index contributed by atoms with van der Waals surface area (Å²) >= 11 is 0. The fourth-order valence-electron chi connectivity index (χ4n) is 1.95. The molecule has 1 N–H and O–H groups in total. The SMILES string of the molecule is O=C(Nc1cccnc1)C(F)(F)C(F)(F)C(F)(F)C(F)(F)C(F)(F)C(F)(F)C(F)(F)C(F)(F)F. The quantitative estimate of drug-likeness (QED) is 0.410. The van der Waals surface area contributed by atoms with Crippen molar-refractivity contribution in [3.05, 3.63) is 24.5 Å². The molecular weight excluding hydrogens is 535 g/mol. The monoisotopic (exact) mass is 540 g/mol. The largest absolute Gasteiger partial charge is 0.460 e. The van der Waals surface area contributed by atoms with Crippen molar-refractivity contribution in [2.45, 2.75) is 47.6 Å². The van der Waals surface area contributed by atoms with Gasteiger partial charge in [0.05, 0.1) is 11.9 Å². The van der Waals surface area contributed by atoms with Crippen LogP contribution in [0.1, 0.15) is 0 Å². The molecule has 3 nitrogen and oxygen atoms in total. The van der Waals surface area contributed by atoms with E-state index in [0.717, 1.165) is 12.3 Å². The topological polar surface area (TPSA) is 42.0 Å². The minimum Gasteiger partial charge on any atom is -0.319 e. The van der Waals surface area contributed by atoms with Crippen LogP contribution in [0.15, 0.2) is 24.5 Å². The molecule has 0 radical (unpaired) electrons. The Morgan fingerprint density at radius 1 is 0.618 bits per heavy atom. The molecule has 1 rings (SSSR count). The van der Waals surface area contributed by atoms with Crippen LogP contribution in [0.5, 0.6) is 0 Å². The molecule has 34 heavy (non-hydrogen) atoms. The summed E-state index contributed by atoms with van der Waals surface area (Å²) in [6.07, 6.45) is -6.58. The molecule has 0 fully saturated rings. The summed E-state index contributed by atoms with van der Waals surface area (Å²) in [7, 11) is 0. The van der Waals surface area contributed by atoms with Crippen molar-refractivity contribution in [2.24, 2.45) is 0 Å². The van der Waals surface area contributed by atoms with E-state index in [4.69, 9.17) is 0 Å².